The molecule has 2 N–H and O–H groups in total. The van der Waals surface area contributed by atoms with Gasteiger partial charge in [0.25, 0.3) is 0 Å². The van der Waals surface area contributed by atoms with E-state index >= 15 is 0 Å². The van der Waals surface area contributed by atoms with E-state index in [9.17, 15) is 14.0 Å². The van der Waals surface area contributed by atoms with Crippen LogP contribution in [0, 0.1) is 18.2 Å². The zero-order valence-electron chi connectivity index (χ0n) is 11.7. The lowest BCUT2D eigenvalue weighted by Crippen LogP contribution is -2.37. The van der Waals surface area contributed by atoms with Crippen LogP contribution >= 0.6 is 15.9 Å². The van der Waals surface area contributed by atoms with Crippen LogP contribution in [-0.2, 0) is 4.79 Å². The first-order valence-corrected chi connectivity index (χ1v) is 7.27. The van der Waals surface area contributed by atoms with Gasteiger partial charge in [0, 0.05) is 17.6 Å². The minimum atomic E-state index is -0.939. The molecule has 2 rings (SSSR count). The zero-order chi connectivity index (χ0) is 15.8. The number of amides is 2. The molecule has 1 saturated heterocycles. The molecule has 0 saturated carbocycles. The minimum Gasteiger partial charge on any atom is -0.481 e. The normalized spacial score (nSPS) is 21.4. The summed E-state index contributed by atoms with van der Waals surface area (Å²) in [7, 11) is 0. The summed E-state index contributed by atoms with van der Waals surface area (Å²) in [5.41, 5.74) is -0.0564. The van der Waals surface area contributed by atoms with Gasteiger partial charge in [-0.05, 0) is 38.0 Å². The van der Waals surface area contributed by atoms with Crippen LogP contribution in [0.15, 0.2) is 16.6 Å². The number of carbonyl (C=O) groups is 2. The van der Waals surface area contributed by atoms with E-state index in [-0.39, 0.29) is 12.2 Å². The van der Waals surface area contributed by atoms with E-state index in [0.29, 0.717) is 17.4 Å². The standard InChI is InChI=1S/C14H16BrFN2O3/c1-8-5-11(10(16)6-9(8)15)17-13(21)18-4-3-14(2,7-18)12(19)20/h5-6H,3-4,7H2,1-2H3,(H,17,21)(H,19,20). The third-order valence-electron chi connectivity index (χ3n) is 3.77. The molecule has 1 aromatic rings. The van der Waals surface area contributed by atoms with Crippen molar-refractivity contribution in [1.29, 1.82) is 0 Å². The maximum atomic E-state index is 13.8. The van der Waals surface area contributed by atoms with Crippen molar-refractivity contribution < 1.29 is 19.1 Å². The lowest BCUT2D eigenvalue weighted by molar-refractivity contribution is -0.146. The molecule has 21 heavy (non-hydrogen) atoms. The Balaban J connectivity index is 2.10. The number of anilines is 1. The quantitative estimate of drug-likeness (QED) is 0.852. The molecule has 0 aliphatic carbocycles. The third kappa shape index (κ3) is 3.18. The smallest absolute Gasteiger partial charge is 0.321 e. The maximum absolute atomic E-state index is 13.8. The van der Waals surface area contributed by atoms with E-state index in [1.807, 2.05) is 0 Å². The molecule has 0 aromatic heterocycles. The Morgan fingerprint density at radius 2 is 2.14 bits per heavy atom. The van der Waals surface area contributed by atoms with Gasteiger partial charge in [-0.1, -0.05) is 15.9 Å². The fourth-order valence-electron chi connectivity index (χ4n) is 2.26. The molecular weight excluding hydrogens is 343 g/mol. The molecule has 1 unspecified atom stereocenters. The van der Waals surface area contributed by atoms with E-state index in [0.717, 1.165) is 5.56 Å². The number of benzene rings is 1. The number of aliphatic carboxylic acids is 1. The lowest BCUT2D eigenvalue weighted by Gasteiger charge is -2.20. The van der Waals surface area contributed by atoms with Crippen LogP contribution in [0.25, 0.3) is 0 Å². The molecule has 5 nitrogen and oxygen atoms in total. The molecular formula is C14H16BrFN2O3. The number of hydrogen-bond acceptors (Lipinski definition) is 2. The second-order valence-electron chi connectivity index (χ2n) is 5.55. The summed E-state index contributed by atoms with van der Waals surface area (Å²) in [6, 6.07) is 2.33. The number of aryl methyl sites for hydroxylation is 1. The van der Waals surface area contributed by atoms with Gasteiger partial charge in [-0.25, -0.2) is 9.18 Å². The minimum absolute atomic E-state index is 0.0876. The van der Waals surface area contributed by atoms with Crippen LogP contribution < -0.4 is 5.32 Å². The van der Waals surface area contributed by atoms with Gasteiger partial charge >= 0.3 is 12.0 Å². The largest absolute Gasteiger partial charge is 0.481 e. The molecule has 0 radical (unpaired) electrons. The Morgan fingerprint density at radius 1 is 1.48 bits per heavy atom. The molecule has 0 spiro atoms. The number of urea groups is 1. The van der Waals surface area contributed by atoms with Gasteiger partial charge in [0.2, 0.25) is 0 Å². The molecule has 2 amide bonds. The van der Waals surface area contributed by atoms with Crippen LogP contribution in [0.2, 0.25) is 0 Å². The van der Waals surface area contributed by atoms with E-state index in [2.05, 4.69) is 21.2 Å². The Bertz CT molecular complexity index is 608. The maximum Gasteiger partial charge on any atom is 0.321 e. The molecule has 1 heterocycles. The second-order valence-corrected chi connectivity index (χ2v) is 6.40. The first-order chi connectivity index (χ1) is 9.73. The average Bonchev–Trinajstić information content (AvgIpc) is 2.80. The Labute approximate surface area is 130 Å². The third-order valence-corrected chi connectivity index (χ3v) is 4.62. The van der Waals surface area contributed by atoms with Crippen LogP contribution in [0.3, 0.4) is 0 Å². The monoisotopic (exact) mass is 358 g/mol. The summed E-state index contributed by atoms with van der Waals surface area (Å²) < 4.78 is 14.4. The van der Waals surface area contributed by atoms with Gasteiger partial charge in [-0.2, -0.15) is 0 Å². The van der Waals surface area contributed by atoms with Crippen molar-refractivity contribution in [3.63, 3.8) is 0 Å². The fraction of sp³-hybridized carbons (Fsp3) is 0.429. The van der Waals surface area contributed by atoms with Gasteiger partial charge in [-0.3, -0.25) is 4.79 Å². The van der Waals surface area contributed by atoms with Crippen LogP contribution in [0.5, 0.6) is 0 Å². The Morgan fingerprint density at radius 3 is 2.71 bits per heavy atom. The molecule has 1 atom stereocenters. The number of nitrogens with zero attached hydrogens (tertiary/aromatic N) is 1. The molecule has 0 bridgehead atoms. The summed E-state index contributed by atoms with van der Waals surface area (Å²) in [6.07, 6.45) is 0.387. The van der Waals surface area contributed by atoms with Gasteiger partial charge in [0.05, 0.1) is 11.1 Å². The number of carboxylic acids is 1. The summed E-state index contributed by atoms with van der Waals surface area (Å²) in [5, 5.41) is 11.6. The summed E-state index contributed by atoms with van der Waals surface area (Å²) in [6.45, 7) is 3.85. The number of hydrogen-bond donors (Lipinski definition) is 2. The highest BCUT2D eigenvalue weighted by Gasteiger charge is 2.42. The van der Waals surface area contributed by atoms with Crippen molar-refractivity contribution in [2.45, 2.75) is 20.3 Å². The number of likely N-dealkylation sites (tertiary alicyclic amines) is 1. The highest BCUT2D eigenvalue weighted by molar-refractivity contribution is 9.10. The Hall–Kier alpha value is -1.63. The van der Waals surface area contributed by atoms with Gasteiger partial charge in [0.15, 0.2) is 0 Å². The van der Waals surface area contributed by atoms with E-state index in [1.54, 1.807) is 13.8 Å². The summed E-state index contributed by atoms with van der Waals surface area (Å²) in [5.74, 6) is -1.47. The molecule has 7 heteroatoms. The van der Waals surface area contributed by atoms with E-state index in [4.69, 9.17) is 5.11 Å². The zero-order valence-corrected chi connectivity index (χ0v) is 13.3. The predicted octanol–water partition coefficient (Wildman–Crippen LogP) is 3.23. The van der Waals surface area contributed by atoms with Gasteiger partial charge in [0.1, 0.15) is 5.82 Å². The van der Waals surface area contributed by atoms with Crippen LogP contribution in [-0.4, -0.2) is 35.1 Å². The van der Waals surface area contributed by atoms with E-state index < -0.39 is 23.2 Å². The topological polar surface area (TPSA) is 69.6 Å². The predicted molar refractivity (Wildman–Crippen MR) is 79.8 cm³/mol. The van der Waals surface area contributed by atoms with Crippen molar-refractivity contribution in [2.75, 3.05) is 18.4 Å². The molecule has 114 valence electrons. The number of carboxylic acid groups (broad SMARTS) is 1. The highest BCUT2D eigenvalue weighted by Crippen LogP contribution is 2.31. The van der Waals surface area contributed by atoms with Gasteiger partial charge < -0.3 is 15.3 Å². The first-order valence-electron chi connectivity index (χ1n) is 6.48. The van der Waals surface area contributed by atoms with Gasteiger partial charge in [-0.15, -0.1) is 0 Å². The molecule has 1 aromatic carbocycles. The van der Waals surface area contributed by atoms with Crippen molar-refractivity contribution in [3.8, 4) is 0 Å². The molecule has 1 fully saturated rings. The number of halogens is 2. The summed E-state index contributed by atoms with van der Waals surface area (Å²) >= 11 is 3.22. The number of rotatable bonds is 2. The van der Waals surface area contributed by atoms with Crippen molar-refractivity contribution >= 4 is 33.6 Å². The van der Waals surface area contributed by atoms with E-state index in [1.165, 1.54) is 17.0 Å². The van der Waals surface area contributed by atoms with Crippen molar-refractivity contribution in [3.05, 3.63) is 28.0 Å². The number of nitrogens with one attached hydrogen (secondary N) is 1. The molecule has 1 aliphatic rings. The van der Waals surface area contributed by atoms with Crippen LogP contribution in [0.1, 0.15) is 18.9 Å². The summed E-state index contributed by atoms with van der Waals surface area (Å²) in [4.78, 5) is 24.7. The van der Waals surface area contributed by atoms with Crippen LogP contribution in [0.4, 0.5) is 14.9 Å². The number of carbonyl (C=O) groups excluding carboxylic acids is 1. The van der Waals surface area contributed by atoms with Crippen molar-refractivity contribution in [1.82, 2.24) is 4.90 Å². The lowest BCUT2D eigenvalue weighted by atomic mass is 9.90. The fourth-order valence-corrected chi connectivity index (χ4v) is 2.57. The molecule has 1 aliphatic heterocycles. The Kier molecular flexibility index (Phi) is 4.22. The highest BCUT2D eigenvalue weighted by atomic mass is 79.9. The first kappa shape index (κ1) is 15.8. The average molecular weight is 359 g/mol. The SMILES string of the molecule is Cc1cc(NC(=O)N2CCC(C)(C(=O)O)C2)c(F)cc1Br. The van der Waals surface area contributed by atoms with Crippen molar-refractivity contribution in [2.24, 2.45) is 5.41 Å². The second kappa shape index (κ2) is 5.63.